The molecular weight excluding hydrogens is 258 g/mol. The monoisotopic (exact) mass is 269 g/mol. The van der Waals surface area contributed by atoms with E-state index >= 15 is 0 Å². The zero-order valence-electron chi connectivity index (χ0n) is 9.78. The number of rotatable bonds is 4. The Morgan fingerprint density at radius 2 is 1.94 bits per heavy atom. The van der Waals surface area contributed by atoms with Crippen molar-refractivity contribution in [2.45, 2.75) is 0 Å². The number of hydrogen-bond acceptors (Lipinski definition) is 6. The molecule has 0 fully saturated rings. The average Bonchev–Trinajstić information content (AvgIpc) is 2.35. The Morgan fingerprint density at radius 3 is 2.50 bits per heavy atom. The van der Waals surface area contributed by atoms with Crippen molar-refractivity contribution in [3.05, 3.63) is 35.4 Å². The predicted octanol–water partition coefficient (Wildman–Crippen LogP) is 0.240. The summed E-state index contributed by atoms with van der Waals surface area (Å²) >= 11 is 0. The molecule has 0 unspecified atom stereocenters. The highest BCUT2D eigenvalue weighted by molar-refractivity contribution is 7.71. The molecule has 0 atom stereocenters. The van der Waals surface area contributed by atoms with Crippen molar-refractivity contribution >= 4 is 27.3 Å². The van der Waals surface area contributed by atoms with Crippen molar-refractivity contribution in [3.8, 4) is 0 Å². The van der Waals surface area contributed by atoms with Gasteiger partial charge in [0.15, 0.2) is 5.71 Å². The van der Waals surface area contributed by atoms with Gasteiger partial charge in [0.2, 0.25) is 10.3 Å². The van der Waals surface area contributed by atoms with E-state index in [2.05, 4.69) is 14.7 Å². The number of ether oxygens (including phenoxy) is 1. The minimum Gasteiger partial charge on any atom is -0.464 e. The Balaban J connectivity index is 3.42. The van der Waals surface area contributed by atoms with Crippen molar-refractivity contribution in [1.82, 2.24) is 0 Å². The van der Waals surface area contributed by atoms with Crippen molar-refractivity contribution < 1.29 is 22.8 Å². The highest BCUT2D eigenvalue weighted by Gasteiger charge is 2.18. The number of benzene rings is 1. The third-order valence-electron chi connectivity index (χ3n) is 2.00. The number of hydrogen-bond donors (Lipinski definition) is 0. The normalized spacial score (nSPS) is 10.7. The average molecular weight is 269 g/mol. The lowest BCUT2D eigenvalue weighted by Crippen LogP contribution is -2.19. The van der Waals surface area contributed by atoms with Gasteiger partial charge in [-0.3, -0.25) is 0 Å². The van der Waals surface area contributed by atoms with Crippen LogP contribution < -0.4 is 0 Å². The van der Waals surface area contributed by atoms with E-state index in [4.69, 9.17) is 0 Å². The van der Waals surface area contributed by atoms with Gasteiger partial charge in [-0.15, -0.1) is 0 Å². The zero-order valence-corrected chi connectivity index (χ0v) is 10.6. The summed E-state index contributed by atoms with van der Waals surface area (Å²) < 4.78 is 26.0. The molecule has 0 saturated heterocycles. The molecule has 0 aromatic heterocycles. The van der Waals surface area contributed by atoms with Crippen molar-refractivity contribution in [2.75, 3.05) is 14.2 Å². The van der Waals surface area contributed by atoms with Gasteiger partial charge in [-0.2, -0.15) is 8.42 Å². The summed E-state index contributed by atoms with van der Waals surface area (Å²) in [5.74, 6) is -0.714. The molecule has 1 rings (SSSR count). The van der Waals surface area contributed by atoms with Crippen LogP contribution in [0.5, 0.6) is 0 Å². The molecule has 0 radical (unpaired) electrons. The van der Waals surface area contributed by atoms with Gasteiger partial charge in [-0.25, -0.2) is 4.79 Å². The summed E-state index contributed by atoms with van der Waals surface area (Å²) in [5, 5.41) is 4.53. The topological polar surface area (TPSA) is 82.0 Å². The lowest BCUT2D eigenvalue weighted by atomic mass is 10.0. The smallest absolute Gasteiger partial charge is 0.360 e. The maximum absolute atomic E-state index is 11.5. The molecule has 0 amide bonds. The molecule has 0 aliphatic rings. The van der Waals surface area contributed by atoms with Crippen molar-refractivity contribution in [1.29, 1.82) is 0 Å². The van der Waals surface area contributed by atoms with Gasteiger partial charge >= 0.3 is 5.97 Å². The molecule has 0 aliphatic carbocycles. The highest BCUT2D eigenvalue weighted by Crippen LogP contribution is 2.09. The van der Waals surface area contributed by atoms with Gasteiger partial charge in [-0.05, 0) is 5.56 Å². The molecule has 0 spiro atoms. The summed E-state index contributed by atoms with van der Waals surface area (Å²) in [6.45, 7) is 0. The highest BCUT2D eigenvalue weighted by atomic mass is 32.2. The largest absolute Gasteiger partial charge is 0.464 e. The molecule has 7 heteroatoms. The Bertz CT molecular complexity index is 596. The van der Waals surface area contributed by atoms with E-state index in [1.165, 1.54) is 14.2 Å². The van der Waals surface area contributed by atoms with Crippen LogP contribution in [0.15, 0.2) is 29.4 Å². The molecule has 0 aliphatic heterocycles. The van der Waals surface area contributed by atoms with Gasteiger partial charge in [0, 0.05) is 5.56 Å². The van der Waals surface area contributed by atoms with E-state index < -0.39 is 16.3 Å². The summed E-state index contributed by atoms with van der Waals surface area (Å²) in [7, 11) is 0.0934. The molecule has 0 heterocycles. The van der Waals surface area contributed by atoms with Crippen LogP contribution >= 0.6 is 0 Å². The molecule has 18 heavy (non-hydrogen) atoms. The minimum atomic E-state index is -2.39. The standard InChI is InChI=1S/C11H11NO5S/c1-16-11(13)10(12-17-2)9-6-4-3-5-8(9)7-18(14)15/h3-7H,1-2H3. The van der Waals surface area contributed by atoms with Crippen LogP contribution in [0, 0.1) is 0 Å². The van der Waals surface area contributed by atoms with Crippen LogP contribution in [0.4, 0.5) is 0 Å². The summed E-state index contributed by atoms with van der Waals surface area (Å²) in [4.78, 5) is 16.1. The molecule has 1 aromatic rings. The lowest BCUT2D eigenvalue weighted by Gasteiger charge is -2.06. The molecule has 0 saturated carbocycles. The fraction of sp³-hybridized carbons (Fsp3) is 0.182. The predicted molar refractivity (Wildman–Crippen MR) is 66.1 cm³/mol. The quantitative estimate of drug-likeness (QED) is 0.338. The first-order valence-electron chi connectivity index (χ1n) is 4.82. The lowest BCUT2D eigenvalue weighted by molar-refractivity contribution is -0.132. The van der Waals surface area contributed by atoms with Crippen LogP contribution in [-0.4, -0.2) is 39.7 Å². The van der Waals surface area contributed by atoms with E-state index in [1.807, 2.05) is 0 Å². The molecule has 1 aromatic carbocycles. The molecule has 6 nitrogen and oxygen atoms in total. The number of carbonyl (C=O) groups is 1. The van der Waals surface area contributed by atoms with Crippen LogP contribution in [-0.2, 0) is 24.7 Å². The first kappa shape index (κ1) is 13.9. The third kappa shape index (κ3) is 3.42. The molecular formula is C11H11NO5S. The van der Waals surface area contributed by atoms with Crippen LogP contribution in [0.3, 0.4) is 0 Å². The van der Waals surface area contributed by atoms with Crippen molar-refractivity contribution in [3.63, 3.8) is 0 Å². The first-order chi connectivity index (χ1) is 8.60. The van der Waals surface area contributed by atoms with Crippen LogP contribution in [0.25, 0.3) is 0 Å². The number of nitrogens with zero attached hydrogens (tertiary/aromatic N) is 1. The van der Waals surface area contributed by atoms with Gasteiger partial charge in [0.25, 0.3) is 0 Å². The van der Waals surface area contributed by atoms with Crippen molar-refractivity contribution in [2.24, 2.45) is 5.16 Å². The Morgan fingerprint density at radius 1 is 1.28 bits per heavy atom. The van der Waals surface area contributed by atoms with Crippen LogP contribution in [0.1, 0.15) is 11.1 Å². The second kappa shape index (κ2) is 6.55. The third-order valence-corrected chi connectivity index (χ3v) is 2.45. The van der Waals surface area contributed by atoms with E-state index in [0.717, 1.165) is 5.37 Å². The van der Waals surface area contributed by atoms with Gasteiger partial charge in [0.05, 0.1) is 12.5 Å². The van der Waals surface area contributed by atoms with E-state index in [-0.39, 0.29) is 5.71 Å². The van der Waals surface area contributed by atoms with Gasteiger partial charge in [0.1, 0.15) is 7.11 Å². The number of methoxy groups -OCH3 is 1. The second-order valence-electron chi connectivity index (χ2n) is 3.08. The Kier molecular flexibility index (Phi) is 5.06. The van der Waals surface area contributed by atoms with Gasteiger partial charge in [-0.1, -0.05) is 29.4 Å². The SMILES string of the molecule is CON=C(C(=O)OC)c1ccccc1C=S(=O)=O. The fourth-order valence-corrected chi connectivity index (χ4v) is 1.72. The number of oxime groups is 1. The Labute approximate surface area is 105 Å². The maximum Gasteiger partial charge on any atom is 0.360 e. The van der Waals surface area contributed by atoms with E-state index in [9.17, 15) is 13.2 Å². The summed E-state index contributed by atoms with van der Waals surface area (Å²) in [5.41, 5.74) is 0.541. The minimum absolute atomic E-state index is 0.0997. The molecule has 0 N–H and O–H groups in total. The van der Waals surface area contributed by atoms with E-state index in [0.29, 0.717) is 11.1 Å². The summed E-state index contributed by atoms with van der Waals surface area (Å²) in [6, 6.07) is 6.38. The molecule has 96 valence electrons. The first-order valence-corrected chi connectivity index (χ1v) is 5.95. The fourth-order valence-electron chi connectivity index (χ4n) is 1.30. The molecule has 0 bridgehead atoms. The Hall–Kier alpha value is -2.15. The number of carbonyl (C=O) groups excluding carboxylic acids is 1. The maximum atomic E-state index is 11.5. The van der Waals surface area contributed by atoms with E-state index in [1.54, 1.807) is 24.3 Å². The second-order valence-corrected chi connectivity index (χ2v) is 3.84. The zero-order chi connectivity index (χ0) is 13.5. The van der Waals surface area contributed by atoms with Gasteiger partial charge < -0.3 is 9.57 Å². The summed E-state index contributed by atoms with van der Waals surface area (Å²) in [6.07, 6.45) is 0. The van der Waals surface area contributed by atoms with Crippen LogP contribution in [0.2, 0.25) is 0 Å². The number of esters is 1.